The average molecular weight is 452 g/mol. The molecule has 0 heterocycles. The molecule has 1 aromatic carbocycles. The first-order valence-corrected chi connectivity index (χ1v) is 11.3. The van der Waals surface area contributed by atoms with Crippen LogP contribution in [0.25, 0.3) is 0 Å². The van der Waals surface area contributed by atoms with E-state index < -0.39 is 24.2 Å². The van der Waals surface area contributed by atoms with E-state index in [1.807, 2.05) is 30.3 Å². The van der Waals surface area contributed by atoms with Crippen LogP contribution in [-0.4, -0.2) is 47.6 Å². The van der Waals surface area contributed by atoms with E-state index in [1.165, 1.54) is 0 Å². The van der Waals surface area contributed by atoms with Crippen molar-refractivity contribution in [3.05, 3.63) is 48.0 Å². The lowest BCUT2D eigenvalue weighted by molar-refractivity contribution is -0.188. The first kappa shape index (κ1) is 24.3. The number of hydrogen-bond donors (Lipinski definition) is 2. The molecule has 5 atom stereocenters. The Morgan fingerprint density at radius 2 is 1.94 bits per heavy atom. The predicted molar refractivity (Wildman–Crippen MR) is 116 cm³/mol. The maximum Gasteiger partial charge on any atom is 0.471 e. The van der Waals surface area contributed by atoms with Gasteiger partial charge in [-0.1, -0.05) is 48.9 Å². The fourth-order valence-electron chi connectivity index (χ4n) is 4.96. The molecule has 176 valence electrons. The number of carbonyl (C=O) groups is 2. The Kier molecular flexibility index (Phi) is 7.98. The molecule has 2 aliphatic rings. The van der Waals surface area contributed by atoms with Gasteiger partial charge in [0.05, 0.1) is 6.04 Å². The zero-order valence-electron chi connectivity index (χ0n) is 18.4. The minimum absolute atomic E-state index is 0.123. The summed E-state index contributed by atoms with van der Waals surface area (Å²) in [5.41, 5.74) is 6.75. The summed E-state index contributed by atoms with van der Waals surface area (Å²) in [6, 6.07) is 8.28. The second-order valence-electron chi connectivity index (χ2n) is 9.05. The number of nitrogens with zero attached hydrogens (tertiary/aromatic N) is 1. The Balaban J connectivity index is 1.69. The summed E-state index contributed by atoms with van der Waals surface area (Å²) in [7, 11) is 0. The molecule has 8 heteroatoms. The number of nitrogens with one attached hydrogen (secondary N) is 1. The standard InChI is InChI=1S/C24H32F3N3O2/c1-16(28)22(31)29-20(12-10-17-6-3-2-4-7-17)8-5-13-30(23(32)24(25,26)27)21-15-18-9-11-19(21)14-18/h2-8,16,18-21H,9-15,28H2,1H3,(H,29,31)/b8-5+/t16-,18-,19-,20+,21?/m0/s1. The summed E-state index contributed by atoms with van der Waals surface area (Å²) >= 11 is 0. The molecule has 2 saturated carbocycles. The minimum atomic E-state index is -4.90. The number of benzene rings is 1. The average Bonchev–Trinajstić information content (AvgIpc) is 3.38. The zero-order valence-corrected chi connectivity index (χ0v) is 18.4. The van der Waals surface area contributed by atoms with Gasteiger partial charge in [-0.25, -0.2) is 0 Å². The second-order valence-corrected chi connectivity index (χ2v) is 9.05. The molecule has 2 amide bonds. The van der Waals surface area contributed by atoms with Gasteiger partial charge in [-0.3, -0.25) is 9.59 Å². The highest BCUT2D eigenvalue weighted by Gasteiger charge is 2.49. The molecule has 1 aromatic rings. The van der Waals surface area contributed by atoms with Gasteiger partial charge in [0, 0.05) is 18.6 Å². The van der Waals surface area contributed by atoms with E-state index in [4.69, 9.17) is 5.73 Å². The molecule has 0 radical (unpaired) electrons. The highest BCUT2D eigenvalue weighted by Crippen LogP contribution is 2.47. The van der Waals surface area contributed by atoms with Crippen molar-refractivity contribution >= 4 is 11.8 Å². The van der Waals surface area contributed by atoms with Crippen LogP contribution in [0.3, 0.4) is 0 Å². The molecule has 0 aliphatic heterocycles. The van der Waals surface area contributed by atoms with E-state index in [0.29, 0.717) is 25.2 Å². The Bertz CT molecular complexity index is 810. The summed E-state index contributed by atoms with van der Waals surface area (Å²) < 4.78 is 39.8. The van der Waals surface area contributed by atoms with Crippen LogP contribution < -0.4 is 11.1 Å². The molecule has 1 unspecified atom stereocenters. The molecule has 0 saturated heterocycles. The van der Waals surface area contributed by atoms with Crippen molar-refractivity contribution in [2.45, 2.75) is 69.8 Å². The van der Waals surface area contributed by atoms with Crippen LogP contribution in [0, 0.1) is 11.8 Å². The van der Waals surface area contributed by atoms with Crippen LogP contribution in [0.2, 0.25) is 0 Å². The molecular weight excluding hydrogens is 419 g/mol. The zero-order chi connectivity index (χ0) is 23.3. The normalized spacial score (nSPS) is 24.5. The third-order valence-electron chi connectivity index (χ3n) is 6.60. The first-order valence-electron chi connectivity index (χ1n) is 11.3. The minimum Gasteiger partial charge on any atom is -0.349 e. The Hall–Kier alpha value is -2.35. The molecule has 0 aromatic heterocycles. The molecular formula is C24H32F3N3O2. The number of nitrogens with two attached hydrogens (primary N) is 1. The molecule has 0 spiro atoms. The molecule has 3 rings (SSSR count). The third kappa shape index (κ3) is 6.34. The van der Waals surface area contributed by atoms with E-state index >= 15 is 0 Å². The fraction of sp³-hybridized carbons (Fsp3) is 0.583. The number of amides is 2. The molecule has 2 aliphatic carbocycles. The van der Waals surface area contributed by atoms with Gasteiger partial charge in [0.2, 0.25) is 5.91 Å². The smallest absolute Gasteiger partial charge is 0.349 e. The molecule has 3 N–H and O–H groups in total. The lowest BCUT2D eigenvalue weighted by Crippen LogP contribution is -2.49. The van der Waals surface area contributed by atoms with Gasteiger partial charge in [-0.05, 0) is 56.4 Å². The summed E-state index contributed by atoms with van der Waals surface area (Å²) in [6.45, 7) is 1.45. The largest absolute Gasteiger partial charge is 0.471 e. The number of aryl methyl sites for hydroxylation is 1. The van der Waals surface area contributed by atoms with E-state index in [2.05, 4.69) is 5.32 Å². The van der Waals surface area contributed by atoms with Gasteiger partial charge in [0.1, 0.15) is 0 Å². The first-order chi connectivity index (χ1) is 15.1. The van der Waals surface area contributed by atoms with Gasteiger partial charge in [-0.15, -0.1) is 0 Å². The summed E-state index contributed by atoms with van der Waals surface area (Å²) in [4.78, 5) is 25.3. The highest BCUT2D eigenvalue weighted by atomic mass is 19.4. The number of rotatable bonds is 9. The van der Waals surface area contributed by atoms with Crippen LogP contribution in [0.1, 0.15) is 44.6 Å². The van der Waals surface area contributed by atoms with Crippen LogP contribution >= 0.6 is 0 Å². The Morgan fingerprint density at radius 3 is 2.50 bits per heavy atom. The number of halogens is 3. The molecule has 5 nitrogen and oxygen atoms in total. The number of carbonyl (C=O) groups excluding carboxylic acids is 2. The lowest BCUT2D eigenvalue weighted by Gasteiger charge is -2.34. The fourth-order valence-corrected chi connectivity index (χ4v) is 4.96. The molecule has 2 fully saturated rings. The van der Waals surface area contributed by atoms with Crippen LogP contribution in [0.4, 0.5) is 13.2 Å². The van der Waals surface area contributed by atoms with Crippen LogP contribution in [-0.2, 0) is 16.0 Å². The number of hydrogen-bond acceptors (Lipinski definition) is 3. The van der Waals surface area contributed by atoms with Crippen molar-refractivity contribution < 1.29 is 22.8 Å². The third-order valence-corrected chi connectivity index (χ3v) is 6.60. The lowest BCUT2D eigenvalue weighted by atomic mass is 9.93. The van der Waals surface area contributed by atoms with Crippen LogP contribution in [0.5, 0.6) is 0 Å². The number of fused-ring (bicyclic) bond motifs is 2. The summed E-state index contributed by atoms with van der Waals surface area (Å²) in [5, 5.41) is 2.84. The van der Waals surface area contributed by atoms with Gasteiger partial charge in [0.25, 0.3) is 0 Å². The number of alkyl halides is 3. The maximum atomic E-state index is 13.3. The Morgan fingerprint density at radius 1 is 1.22 bits per heavy atom. The van der Waals surface area contributed by atoms with Crippen LogP contribution in [0.15, 0.2) is 42.5 Å². The monoisotopic (exact) mass is 451 g/mol. The topological polar surface area (TPSA) is 75.4 Å². The maximum absolute atomic E-state index is 13.3. The predicted octanol–water partition coefficient (Wildman–Crippen LogP) is 3.59. The van der Waals surface area contributed by atoms with Crippen molar-refractivity contribution in [2.75, 3.05) is 6.54 Å². The van der Waals surface area contributed by atoms with E-state index in [1.54, 1.807) is 19.1 Å². The quantitative estimate of drug-likeness (QED) is 0.564. The van der Waals surface area contributed by atoms with Gasteiger partial charge < -0.3 is 16.0 Å². The van der Waals surface area contributed by atoms with Crippen molar-refractivity contribution in [2.24, 2.45) is 17.6 Å². The van der Waals surface area contributed by atoms with E-state index in [0.717, 1.165) is 29.7 Å². The molecule has 2 bridgehead atoms. The van der Waals surface area contributed by atoms with Gasteiger partial charge in [-0.2, -0.15) is 13.2 Å². The second kappa shape index (κ2) is 10.5. The SMILES string of the molecule is C[C@H](N)C(=O)N[C@H](/C=C/CN(C(=O)C(F)(F)F)C1C[C@H]2CC[C@H]1C2)CCc1ccccc1. The van der Waals surface area contributed by atoms with Gasteiger partial charge in [0.15, 0.2) is 0 Å². The van der Waals surface area contributed by atoms with E-state index in [9.17, 15) is 22.8 Å². The van der Waals surface area contributed by atoms with Crippen molar-refractivity contribution in [3.8, 4) is 0 Å². The van der Waals surface area contributed by atoms with Crippen molar-refractivity contribution in [3.63, 3.8) is 0 Å². The van der Waals surface area contributed by atoms with E-state index in [-0.39, 0.29) is 24.4 Å². The van der Waals surface area contributed by atoms with Crippen molar-refractivity contribution in [1.82, 2.24) is 10.2 Å². The summed E-state index contributed by atoms with van der Waals surface area (Å²) in [5.74, 6) is -1.54. The van der Waals surface area contributed by atoms with Crippen molar-refractivity contribution in [1.29, 1.82) is 0 Å². The Labute approximate surface area is 187 Å². The molecule has 32 heavy (non-hydrogen) atoms. The highest BCUT2D eigenvalue weighted by molar-refractivity contribution is 5.82. The van der Waals surface area contributed by atoms with Gasteiger partial charge >= 0.3 is 12.1 Å². The summed E-state index contributed by atoms with van der Waals surface area (Å²) in [6.07, 6.45) is 3.08.